The van der Waals surface area contributed by atoms with Crippen molar-refractivity contribution < 1.29 is 0 Å². The minimum Gasteiger partial charge on any atom is -0.383 e. The molecule has 16 heavy (non-hydrogen) atoms. The van der Waals surface area contributed by atoms with Crippen LogP contribution in [-0.4, -0.2) is 30.9 Å². The van der Waals surface area contributed by atoms with Gasteiger partial charge in [0.05, 0.1) is 0 Å². The third-order valence-electron chi connectivity index (χ3n) is 2.13. The van der Waals surface area contributed by atoms with E-state index in [1.54, 1.807) is 0 Å². The van der Waals surface area contributed by atoms with Crippen LogP contribution in [0.3, 0.4) is 0 Å². The summed E-state index contributed by atoms with van der Waals surface area (Å²) in [5.41, 5.74) is 12.3. The number of rotatable bonds is 3. The normalized spacial score (nSPS) is 10.9. The average Bonchev–Trinajstić information content (AvgIpc) is 2.82. The van der Waals surface area contributed by atoms with Crippen LogP contribution < -0.4 is 17.3 Å². The van der Waals surface area contributed by atoms with Gasteiger partial charge in [-0.25, -0.2) is 4.68 Å². The Hall–Kier alpha value is -1.74. The van der Waals surface area contributed by atoms with Crippen LogP contribution in [0.2, 0.25) is 0 Å². The first kappa shape index (κ1) is 10.8. The molecule has 2 heterocycles. The number of anilines is 1. The van der Waals surface area contributed by atoms with E-state index in [1.807, 2.05) is 6.26 Å². The molecule has 6 N–H and O–H groups in total. The molecule has 0 spiro atoms. The molecule has 0 amide bonds. The van der Waals surface area contributed by atoms with Crippen molar-refractivity contribution in [3.63, 3.8) is 0 Å². The number of hydrogen-bond donors (Lipinski definition) is 3. The van der Waals surface area contributed by atoms with Gasteiger partial charge in [0.2, 0.25) is 0 Å². The van der Waals surface area contributed by atoms with E-state index in [0.717, 1.165) is 10.6 Å². The molecule has 0 aliphatic heterocycles. The predicted octanol–water partition coefficient (Wildman–Crippen LogP) is -1.06. The van der Waals surface area contributed by atoms with Crippen molar-refractivity contribution in [2.45, 2.75) is 11.6 Å². The van der Waals surface area contributed by atoms with Gasteiger partial charge < -0.3 is 17.3 Å². The van der Waals surface area contributed by atoms with Crippen LogP contribution in [0, 0.1) is 0 Å². The Bertz CT molecular complexity index is 500. The predicted molar refractivity (Wildman–Crippen MR) is 61.4 cm³/mol. The zero-order valence-electron chi connectivity index (χ0n) is 8.66. The van der Waals surface area contributed by atoms with Gasteiger partial charge in [-0.3, -0.25) is 0 Å². The maximum atomic E-state index is 5.92. The van der Waals surface area contributed by atoms with Gasteiger partial charge in [-0.2, -0.15) is 9.78 Å². The summed E-state index contributed by atoms with van der Waals surface area (Å²) in [7, 11) is 0. The lowest BCUT2D eigenvalue weighted by Gasteiger charge is -2.01. The van der Waals surface area contributed by atoms with Crippen molar-refractivity contribution in [3.05, 3.63) is 11.9 Å². The van der Waals surface area contributed by atoms with Gasteiger partial charge in [0.25, 0.3) is 5.95 Å². The van der Waals surface area contributed by atoms with E-state index < -0.39 is 0 Å². The molecule has 2 rings (SSSR count). The first-order valence-corrected chi connectivity index (χ1v) is 5.68. The van der Waals surface area contributed by atoms with E-state index in [-0.39, 0.29) is 0 Å². The number of hydrogen-bond acceptors (Lipinski definition) is 7. The standard InChI is InChI=1S/C7H12N8S/c1-16-6-4(2-8)5(9)15(13-6)7-12-11-3-14(7)10/h3H,2,8-10H2,1H3. The first-order valence-electron chi connectivity index (χ1n) is 4.46. The minimum atomic E-state index is 0.320. The fourth-order valence-corrected chi connectivity index (χ4v) is 1.94. The van der Waals surface area contributed by atoms with Gasteiger partial charge in [0, 0.05) is 12.1 Å². The molecule has 0 saturated carbocycles. The largest absolute Gasteiger partial charge is 0.383 e. The third kappa shape index (κ3) is 1.49. The molecule has 2 aromatic rings. The fraction of sp³-hybridized carbons (Fsp3) is 0.286. The number of thioether (sulfide) groups is 1. The summed E-state index contributed by atoms with van der Waals surface area (Å²) in [6.07, 6.45) is 3.27. The molecule has 86 valence electrons. The monoisotopic (exact) mass is 240 g/mol. The van der Waals surface area contributed by atoms with Crippen molar-refractivity contribution in [2.24, 2.45) is 5.73 Å². The highest BCUT2D eigenvalue weighted by molar-refractivity contribution is 7.98. The van der Waals surface area contributed by atoms with Crippen LogP contribution in [0.25, 0.3) is 5.95 Å². The molecule has 0 radical (unpaired) electrons. The number of nitrogens with two attached hydrogens (primary N) is 3. The smallest absolute Gasteiger partial charge is 0.272 e. The fourth-order valence-electron chi connectivity index (χ4n) is 1.34. The van der Waals surface area contributed by atoms with Crippen LogP contribution in [0.4, 0.5) is 5.82 Å². The van der Waals surface area contributed by atoms with E-state index in [4.69, 9.17) is 17.3 Å². The summed E-state index contributed by atoms with van der Waals surface area (Å²) in [4.78, 5) is 0. The molecule has 0 aromatic carbocycles. The zero-order chi connectivity index (χ0) is 11.7. The van der Waals surface area contributed by atoms with Gasteiger partial charge in [0.15, 0.2) is 0 Å². The molecular weight excluding hydrogens is 228 g/mol. The van der Waals surface area contributed by atoms with Gasteiger partial charge in [0.1, 0.15) is 17.2 Å². The van der Waals surface area contributed by atoms with Gasteiger partial charge in [-0.15, -0.1) is 22.0 Å². The molecule has 0 unspecified atom stereocenters. The number of aromatic nitrogens is 5. The Balaban J connectivity index is 2.58. The van der Waals surface area contributed by atoms with E-state index in [2.05, 4.69) is 15.3 Å². The second kappa shape index (κ2) is 4.02. The van der Waals surface area contributed by atoms with Crippen LogP contribution in [-0.2, 0) is 6.54 Å². The second-order valence-corrected chi connectivity index (χ2v) is 3.82. The van der Waals surface area contributed by atoms with E-state index in [0.29, 0.717) is 18.3 Å². The van der Waals surface area contributed by atoms with Crippen LogP contribution in [0.5, 0.6) is 0 Å². The summed E-state index contributed by atoms with van der Waals surface area (Å²) < 4.78 is 2.68. The highest BCUT2D eigenvalue weighted by Crippen LogP contribution is 2.25. The van der Waals surface area contributed by atoms with Crippen molar-refractivity contribution >= 4 is 17.6 Å². The molecule has 0 fully saturated rings. The maximum Gasteiger partial charge on any atom is 0.272 e. The molecular formula is C7H12N8S. The van der Waals surface area contributed by atoms with Crippen molar-refractivity contribution in [1.82, 2.24) is 24.7 Å². The highest BCUT2D eigenvalue weighted by atomic mass is 32.2. The Morgan fingerprint density at radius 1 is 1.50 bits per heavy atom. The summed E-state index contributed by atoms with van der Waals surface area (Å²) in [6.45, 7) is 0.320. The van der Waals surface area contributed by atoms with Crippen LogP contribution in [0.15, 0.2) is 11.4 Å². The Kier molecular flexibility index (Phi) is 2.71. The zero-order valence-corrected chi connectivity index (χ0v) is 9.48. The number of nitrogens with zero attached hydrogens (tertiary/aromatic N) is 5. The Morgan fingerprint density at radius 3 is 2.69 bits per heavy atom. The quantitative estimate of drug-likeness (QED) is 0.461. The van der Waals surface area contributed by atoms with Gasteiger partial charge >= 0.3 is 0 Å². The van der Waals surface area contributed by atoms with E-state index in [9.17, 15) is 0 Å². The highest BCUT2D eigenvalue weighted by Gasteiger charge is 2.17. The lowest BCUT2D eigenvalue weighted by molar-refractivity contribution is 0.755. The molecule has 0 saturated heterocycles. The molecule has 2 aromatic heterocycles. The van der Waals surface area contributed by atoms with Crippen LogP contribution >= 0.6 is 11.8 Å². The summed E-state index contributed by atoms with van der Waals surface area (Å²) >= 11 is 1.47. The molecule has 0 bridgehead atoms. The lowest BCUT2D eigenvalue weighted by atomic mass is 10.3. The molecule has 8 nitrogen and oxygen atoms in total. The molecule has 0 aliphatic rings. The van der Waals surface area contributed by atoms with Gasteiger partial charge in [-0.05, 0) is 6.26 Å². The second-order valence-electron chi connectivity index (χ2n) is 3.03. The van der Waals surface area contributed by atoms with Gasteiger partial charge in [-0.1, -0.05) is 0 Å². The summed E-state index contributed by atoms with van der Waals surface area (Å²) in [5, 5.41) is 12.5. The Labute approximate surface area is 95.8 Å². The van der Waals surface area contributed by atoms with Crippen molar-refractivity contribution in [1.29, 1.82) is 0 Å². The van der Waals surface area contributed by atoms with Crippen LogP contribution in [0.1, 0.15) is 5.56 Å². The third-order valence-corrected chi connectivity index (χ3v) is 2.84. The minimum absolute atomic E-state index is 0.320. The lowest BCUT2D eigenvalue weighted by Crippen LogP contribution is -2.16. The van der Waals surface area contributed by atoms with Crippen molar-refractivity contribution in [2.75, 3.05) is 17.8 Å². The van der Waals surface area contributed by atoms with Crippen molar-refractivity contribution in [3.8, 4) is 5.95 Å². The SMILES string of the molecule is CSc1nn(-c2nncn2N)c(N)c1CN. The summed E-state index contributed by atoms with van der Waals surface area (Å²) in [5.74, 6) is 6.41. The topological polar surface area (TPSA) is 127 Å². The van der Waals surface area contributed by atoms with E-state index in [1.165, 1.54) is 27.4 Å². The maximum absolute atomic E-state index is 5.92. The molecule has 9 heteroatoms. The average molecular weight is 240 g/mol. The molecule has 0 aliphatic carbocycles. The van der Waals surface area contributed by atoms with E-state index >= 15 is 0 Å². The first-order chi connectivity index (χ1) is 7.69. The number of nitrogen functional groups attached to an aromatic ring is 2. The summed E-state index contributed by atoms with van der Waals surface area (Å²) in [6, 6.07) is 0. The molecule has 0 atom stereocenters. The Morgan fingerprint density at radius 2 is 2.25 bits per heavy atom.